The second-order valence-electron chi connectivity index (χ2n) is 4.00. The molecule has 1 heterocycles. The lowest BCUT2D eigenvalue weighted by atomic mass is 10.1. The Balaban J connectivity index is 2.70. The van der Waals surface area contributed by atoms with Crippen molar-refractivity contribution >= 4 is 16.8 Å². The van der Waals surface area contributed by atoms with Gasteiger partial charge in [-0.25, -0.2) is 0 Å². The zero-order chi connectivity index (χ0) is 10.8. The SMILES string of the molecule is CC1(C)CCN(/C(N)=N/O)CCS1=O. The molecule has 1 rings (SSSR count). The maximum atomic E-state index is 11.7. The van der Waals surface area contributed by atoms with Crippen LogP contribution in [0.2, 0.25) is 0 Å². The van der Waals surface area contributed by atoms with E-state index in [9.17, 15) is 4.21 Å². The lowest BCUT2D eigenvalue weighted by Gasteiger charge is -2.22. The lowest BCUT2D eigenvalue weighted by molar-refractivity contribution is 0.298. The van der Waals surface area contributed by atoms with Crippen LogP contribution in [0.25, 0.3) is 0 Å². The van der Waals surface area contributed by atoms with Gasteiger partial charge in [0.25, 0.3) is 0 Å². The first-order valence-corrected chi connectivity index (χ1v) is 5.90. The molecule has 1 unspecified atom stereocenters. The van der Waals surface area contributed by atoms with Crippen molar-refractivity contribution in [2.45, 2.75) is 25.0 Å². The average Bonchev–Trinajstić information content (AvgIpc) is 2.27. The summed E-state index contributed by atoms with van der Waals surface area (Å²) in [6.07, 6.45) is 0.788. The first-order valence-electron chi connectivity index (χ1n) is 4.58. The number of nitrogens with two attached hydrogens (primary N) is 1. The fourth-order valence-corrected chi connectivity index (χ4v) is 2.65. The summed E-state index contributed by atoms with van der Waals surface area (Å²) in [5, 5.41) is 11.5. The highest BCUT2D eigenvalue weighted by Crippen LogP contribution is 2.21. The number of guanidine groups is 1. The standard InChI is InChI=1S/C8H17N3O2S/c1-8(2)3-4-11(7(9)10-12)5-6-14(8)13/h12H,3-6H2,1-2H3,(H2,9,10). The summed E-state index contributed by atoms with van der Waals surface area (Å²) >= 11 is 0. The van der Waals surface area contributed by atoms with Crippen molar-refractivity contribution in [3.63, 3.8) is 0 Å². The van der Waals surface area contributed by atoms with Crippen LogP contribution in [-0.2, 0) is 10.8 Å². The molecule has 0 aromatic carbocycles. The predicted octanol–water partition coefficient (Wildman–Crippen LogP) is -0.0767. The molecular formula is C8H17N3O2S. The van der Waals surface area contributed by atoms with E-state index in [2.05, 4.69) is 5.16 Å². The Bertz CT molecular complexity index is 265. The van der Waals surface area contributed by atoms with Gasteiger partial charge in [0, 0.05) is 34.4 Å². The van der Waals surface area contributed by atoms with Gasteiger partial charge >= 0.3 is 0 Å². The molecule has 82 valence electrons. The third kappa shape index (κ3) is 2.37. The van der Waals surface area contributed by atoms with E-state index in [0.717, 1.165) is 6.42 Å². The fourth-order valence-electron chi connectivity index (χ4n) is 1.39. The number of oxime groups is 1. The van der Waals surface area contributed by atoms with Crippen LogP contribution in [-0.4, -0.2) is 43.9 Å². The van der Waals surface area contributed by atoms with E-state index in [1.807, 2.05) is 13.8 Å². The van der Waals surface area contributed by atoms with Crippen LogP contribution in [0.3, 0.4) is 0 Å². The second kappa shape index (κ2) is 4.16. The molecule has 1 atom stereocenters. The minimum atomic E-state index is -0.841. The van der Waals surface area contributed by atoms with E-state index >= 15 is 0 Å². The molecule has 0 aromatic rings. The van der Waals surface area contributed by atoms with Crippen molar-refractivity contribution in [1.82, 2.24) is 4.90 Å². The number of hydrogen-bond donors (Lipinski definition) is 2. The van der Waals surface area contributed by atoms with Crippen LogP contribution in [0.5, 0.6) is 0 Å². The molecule has 1 fully saturated rings. The summed E-state index contributed by atoms with van der Waals surface area (Å²) in [7, 11) is -0.841. The Kier molecular flexibility index (Phi) is 3.36. The minimum absolute atomic E-state index is 0.111. The molecule has 0 radical (unpaired) electrons. The van der Waals surface area contributed by atoms with Gasteiger partial charge in [0.05, 0.1) is 0 Å². The highest BCUT2D eigenvalue weighted by atomic mass is 32.2. The maximum Gasteiger partial charge on any atom is 0.233 e. The van der Waals surface area contributed by atoms with Gasteiger partial charge in [-0.05, 0) is 20.3 Å². The Morgan fingerprint density at radius 1 is 1.57 bits per heavy atom. The Labute approximate surface area is 86.4 Å². The summed E-state index contributed by atoms with van der Waals surface area (Å²) < 4.78 is 11.6. The van der Waals surface area contributed by atoms with Crippen LogP contribution < -0.4 is 5.73 Å². The van der Waals surface area contributed by atoms with E-state index in [4.69, 9.17) is 10.9 Å². The van der Waals surface area contributed by atoms with Crippen molar-refractivity contribution in [3.8, 4) is 0 Å². The largest absolute Gasteiger partial charge is 0.408 e. The van der Waals surface area contributed by atoms with Crippen molar-refractivity contribution in [3.05, 3.63) is 0 Å². The maximum absolute atomic E-state index is 11.7. The van der Waals surface area contributed by atoms with Gasteiger partial charge < -0.3 is 15.8 Å². The molecule has 0 spiro atoms. The van der Waals surface area contributed by atoms with Crippen molar-refractivity contribution in [2.24, 2.45) is 10.9 Å². The predicted molar refractivity (Wildman–Crippen MR) is 56.7 cm³/mol. The summed E-state index contributed by atoms with van der Waals surface area (Å²) in [6, 6.07) is 0. The van der Waals surface area contributed by atoms with Crippen LogP contribution in [0, 0.1) is 0 Å². The van der Waals surface area contributed by atoms with Crippen LogP contribution in [0.1, 0.15) is 20.3 Å². The van der Waals surface area contributed by atoms with Gasteiger partial charge in [0.1, 0.15) is 0 Å². The minimum Gasteiger partial charge on any atom is -0.408 e. The number of hydrogen-bond acceptors (Lipinski definition) is 3. The van der Waals surface area contributed by atoms with Gasteiger partial charge in [-0.1, -0.05) is 5.16 Å². The van der Waals surface area contributed by atoms with E-state index in [1.165, 1.54) is 0 Å². The summed E-state index contributed by atoms with van der Waals surface area (Å²) in [6.45, 7) is 5.25. The molecule has 3 N–H and O–H groups in total. The third-order valence-corrected chi connectivity index (χ3v) is 4.56. The molecule has 5 nitrogen and oxygen atoms in total. The van der Waals surface area contributed by atoms with Crippen molar-refractivity contribution in [2.75, 3.05) is 18.8 Å². The highest BCUT2D eigenvalue weighted by molar-refractivity contribution is 7.86. The Hall–Kier alpha value is -0.780. The molecule has 0 aromatic heterocycles. The molecule has 0 saturated carbocycles. The van der Waals surface area contributed by atoms with Crippen LogP contribution in [0.4, 0.5) is 0 Å². The monoisotopic (exact) mass is 219 g/mol. The van der Waals surface area contributed by atoms with Gasteiger partial charge in [-0.3, -0.25) is 4.21 Å². The highest BCUT2D eigenvalue weighted by Gasteiger charge is 2.30. The first kappa shape index (κ1) is 11.3. The summed E-state index contributed by atoms with van der Waals surface area (Å²) in [5.41, 5.74) is 5.48. The molecule has 1 aliphatic rings. The zero-order valence-electron chi connectivity index (χ0n) is 8.56. The molecule has 0 aliphatic carbocycles. The second-order valence-corrected chi connectivity index (χ2v) is 6.21. The van der Waals surface area contributed by atoms with Gasteiger partial charge in [-0.15, -0.1) is 0 Å². The Morgan fingerprint density at radius 3 is 2.79 bits per heavy atom. The molecule has 0 amide bonds. The molecule has 0 bridgehead atoms. The zero-order valence-corrected chi connectivity index (χ0v) is 9.38. The van der Waals surface area contributed by atoms with E-state index in [1.54, 1.807) is 4.90 Å². The average molecular weight is 219 g/mol. The van der Waals surface area contributed by atoms with Crippen molar-refractivity contribution in [1.29, 1.82) is 0 Å². The Morgan fingerprint density at radius 2 is 2.21 bits per heavy atom. The molecule has 1 saturated heterocycles. The smallest absolute Gasteiger partial charge is 0.233 e. The summed E-state index contributed by atoms with van der Waals surface area (Å²) in [5.74, 6) is 0.683. The quantitative estimate of drug-likeness (QED) is 0.258. The van der Waals surface area contributed by atoms with Crippen LogP contribution in [0.15, 0.2) is 5.16 Å². The summed E-state index contributed by atoms with van der Waals surface area (Å²) in [4.78, 5) is 1.76. The number of rotatable bonds is 0. The van der Waals surface area contributed by atoms with E-state index in [-0.39, 0.29) is 10.7 Å². The topological polar surface area (TPSA) is 78.9 Å². The van der Waals surface area contributed by atoms with E-state index in [0.29, 0.717) is 18.8 Å². The number of nitrogens with zero attached hydrogens (tertiary/aromatic N) is 2. The normalized spacial score (nSPS) is 28.6. The molecule has 14 heavy (non-hydrogen) atoms. The van der Waals surface area contributed by atoms with Crippen LogP contribution >= 0.6 is 0 Å². The first-order chi connectivity index (χ1) is 6.47. The molecule has 6 heteroatoms. The van der Waals surface area contributed by atoms with Gasteiger partial charge in [-0.2, -0.15) is 0 Å². The van der Waals surface area contributed by atoms with Gasteiger partial charge in [0.15, 0.2) is 0 Å². The molecule has 1 aliphatic heterocycles. The third-order valence-electron chi connectivity index (χ3n) is 2.57. The van der Waals surface area contributed by atoms with Crippen molar-refractivity contribution < 1.29 is 9.42 Å². The fraction of sp³-hybridized carbons (Fsp3) is 0.875. The lowest BCUT2D eigenvalue weighted by Crippen LogP contribution is -2.39. The van der Waals surface area contributed by atoms with Gasteiger partial charge in [0.2, 0.25) is 5.96 Å². The molecular weight excluding hydrogens is 202 g/mol. The van der Waals surface area contributed by atoms with E-state index < -0.39 is 10.8 Å².